The number of nitrogen functional groups attached to an aromatic ring is 1. The van der Waals surface area contributed by atoms with Crippen LogP contribution in [-0.4, -0.2) is 5.78 Å². The average molecular weight is 312 g/mol. The van der Waals surface area contributed by atoms with Gasteiger partial charge in [-0.2, -0.15) is 0 Å². The monoisotopic (exact) mass is 311 g/mol. The van der Waals surface area contributed by atoms with Gasteiger partial charge in [0, 0.05) is 16.8 Å². The number of anilines is 1. The van der Waals surface area contributed by atoms with Crippen LogP contribution >= 0.6 is 15.9 Å². The van der Waals surface area contributed by atoms with Crippen molar-refractivity contribution < 1.29 is 13.6 Å². The van der Waals surface area contributed by atoms with Crippen LogP contribution in [0.25, 0.3) is 0 Å². The van der Waals surface area contributed by atoms with Crippen LogP contribution in [0.5, 0.6) is 0 Å². The third-order valence-corrected chi connectivity index (χ3v) is 3.05. The third-order valence-electron chi connectivity index (χ3n) is 2.44. The molecule has 2 rings (SSSR count). The largest absolute Gasteiger partial charge is 0.398 e. The quantitative estimate of drug-likeness (QED) is 0.681. The van der Waals surface area contributed by atoms with Crippen LogP contribution in [0.4, 0.5) is 14.5 Å². The van der Waals surface area contributed by atoms with Crippen molar-refractivity contribution in [1.29, 1.82) is 0 Å². The number of halogens is 3. The van der Waals surface area contributed by atoms with Crippen LogP contribution in [0.1, 0.15) is 15.9 Å². The molecule has 0 spiro atoms. The summed E-state index contributed by atoms with van der Waals surface area (Å²) in [5.41, 5.74) is 6.10. The highest BCUT2D eigenvalue weighted by molar-refractivity contribution is 9.10. The highest BCUT2D eigenvalue weighted by Crippen LogP contribution is 2.22. The number of hydrogen-bond donors (Lipinski definition) is 1. The Hall–Kier alpha value is -1.75. The van der Waals surface area contributed by atoms with Crippen molar-refractivity contribution in [1.82, 2.24) is 0 Å². The maximum Gasteiger partial charge on any atom is 0.195 e. The minimum absolute atomic E-state index is 0.0634. The second kappa shape index (κ2) is 4.86. The lowest BCUT2D eigenvalue weighted by Gasteiger charge is -2.06. The summed E-state index contributed by atoms with van der Waals surface area (Å²) in [7, 11) is 0. The summed E-state index contributed by atoms with van der Waals surface area (Å²) >= 11 is 2.99. The van der Waals surface area contributed by atoms with Crippen LogP contribution in [0, 0.1) is 11.6 Å². The van der Waals surface area contributed by atoms with E-state index in [1.165, 1.54) is 24.3 Å². The predicted molar refractivity (Wildman–Crippen MR) is 68.3 cm³/mol. The van der Waals surface area contributed by atoms with E-state index in [1.807, 2.05) is 0 Å². The zero-order chi connectivity index (χ0) is 13.3. The van der Waals surface area contributed by atoms with Gasteiger partial charge in [-0.05, 0) is 52.3 Å². The van der Waals surface area contributed by atoms with Gasteiger partial charge in [0.05, 0.1) is 4.47 Å². The average Bonchev–Trinajstić information content (AvgIpc) is 2.35. The molecule has 2 aromatic carbocycles. The molecule has 92 valence electrons. The van der Waals surface area contributed by atoms with Crippen LogP contribution in [0.2, 0.25) is 0 Å². The van der Waals surface area contributed by atoms with Gasteiger partial charge in [-0.25, -0.2) is 8.78 Å². The van der Waals surface area contributed by atoms with Gasteiger partial charge in [-0.15, -0.1) is 0 Å². The second-order valence-corrected chi connectivity index (χ2v) is 4.54. The van der Waals surface area contributed by atoms with Gasteiger partial charge in [0.2, 0.25) is 0 Å². The van der Waals surface area contributed by atoms with Gasteiger partial charge < -0.3 is 5.73 Å². The van der Waals surface area contributed by atoms with Gasteiger partial charge in [-0.3, -0.25) is 4.79 Å². The minimum Gasteiger partial charge on any atom is -0.398 e. The molecule has 0 heterocycles. The first-order valence-electron chi connectivity index (χ1n) is 5.04. The lowest BCUT2D eigenvalue weighted by molar-refractivity contribution is 0.103. The first-order valence-corrected chi connectivity index (χ1v) is 5.83. The molecule has 0 saturated carbocycles. The zero-order valence-electron chi connectivity index (χ0n) is 9.08. The van der Waals surface area contributed by atoms with Crippen molar-refractivity contribution in [3.05, 3.63) is 63.6 Å². The van der Waals surface area contributed by atoms with Crippen LogP contribution < -0.4 is 5.73 Å². The van der Waals surface area contributed by atoms with E-state index in [-0.39, 0.29) is 21.3 Å². The SMILES string of the molecule is Nc1ccc(F)cc1C(=O)c1ccc(F)c(Br)c1. The Morgan fingerprint density at radius 1 is 1.11 bits per heavy atom. The summed E-state index contributed by atoms with van der Waals surface area (Å²) in [6, 6.07) is 7.38. The first kappa shape index (κ1) is 12.7. The van der Waals surface area contributed by atoms with Crippen molar-refractivity contribution in [3.8, 4) is 0 Å². The van der Waals surface area contributed by atoms with Crippen LogP contribution in [0.15, 0.2) is 40.9 Å². The lowest BCUT2D eigenvalue weighted by Crippen LogP contribution is -2.06. The molecule has 2 nitrogen and oxygen atoms in total. The number of carbonyl (C=O) groups excluding carboxylic acids is 1. The van der Waals surface area contributed by atoms with Crippen molar-refractivity contribution in [2.75, 3.05) is 5.73 Å². The maximum absolute atomic E-state index is 13.1. The van der Waals surface area contributed by atoms with Crippen molar-refractivity contribution in [2.45, 2.75) is 0 Å². The molecule has 5 heteroatoms. The Balaban J connectivity index is 2.47. The fourth-order valence-electron chi connectivity index (χ4n) is 1.52. The topological polar surface area (TPSA) is 43.1 Å². The van der Waals surface area contributed by atoms with Gasteiger partial charge >= 0.3 is 0 Å². The second-order valence-electron chi connectivity index (χ2n) is 3.69. The number of ketones is 1. The smallest absolute Gasteiger partial charge is 0.195 e. The van der Waals surface area contributed by atoms with Gasteiger partial charge in [-0.1, -0.05) is 0 Å². The van der Waals surface area contributed by atoms with Gasteiger partial charge in [0.25, 0.3) is 0 Å². The molecule has 18 heavy (non-hydrogen) atoms. The number of rotatable bonds is 2. The molecule has 0 fully saturated rings. The summed E-state index contributed by atoms with van der Waals surface area (Å²) in [6.07, 6.45) is 0. The van der Waals surface area contributed by atoms with Crippen molar-refractivity contribution >= 4 is 27.4 Å². The van der Waals surface area contributed by atoms with E-state index < -0.39 is 17.4 Å². The molecule has 0 amide bonds. The van der Waals surface area contributed by atoms with E-state index >= 15 is 0 Å². The summed E-state index contributed by atoms with van der Waals surface area (Å²) < 4.78 is 26.3. The van der Waals surface area contributed by atoms with Crippen molar-refractivity contribution in [2.24, 2.45) is 0 Å². The van der Waals surface area contributed by atoms with E-state index in [0.29, 0.717) is 0 Å². The molecule has 0 saturated heterocycles. The molecular formula is C13H8BrF2NO. The molecule has 0 bridgehead atoms. The number of carbonyl (C=O) groups is 1. The molecule has 2 aromatic rings. The van der Waals surface area contributed by atoms with E-state index in [9.17, 15) is 13.6 Å². The fourth-order valence-corrected chi connectivity index (χ4v) is 1.90. The third kappa shape index (κ3) is 2.41. The highest BCUT2D eigenvalue weighted by Gasteiger charge is 2.14. The normalized spacial score (nSPS) is 10.4. The maximum atomic E-state index is 13.1. The van der Waals surface area contributed by atoms with E-state index in [1.54, 1.807) is 0 Å². The lowest BCUT2D eigenvalue weighted by atomic mass is 10.0. The molecular weight excluding hydrogens is 304 g/mol. The summed E-state index contributed by atoms with van der Waals surface area (Å²) in [5.74, 6) is -1.47. The predicted octanol–water partition coefficient (Wildman–Crippen LogP) is 3.54. The number of nitrogens with two attached hydrogens (primary N) is 1. The number of benzene rings is 2. The molecule has 0 unspecified atom stereocenters. The summed E-state index contributed by atoms with van der Waals surface area (Å²) in [4.78, 5) is 12.1. The summed E-state index contributed by atoms with van der Waals surface area (Å²) in [6.45, 7) is 0. The Bertz CT molecular complexity index is 628. The fraction of sp³-hybridized carbons (Fsp3) is 0. The molecule has 0 aliphatic carbocycles. The Labute approximate surface area is 111 Å². The molecule has 0 atom stereocenters. The Morgan fingerprint density at radius 3 is 2.50 bits per heavy atom. The molecule has 0 aliphatic heterocycles. The van der Waals surface area contributed by atoms with E-state index in [4.69, 9.17) is 5.73 Å². The first-order chi connectivity index (χ1) is 8.49. The molecule has 0 radical (unpaired) electrons. The van der Waals surface area contributed by atoms with E-state index in [0.717, 1.165) is 12.1 Å². The number of hydrogen-bond acceptors (Lipinski definition) is 2. The summed E-state index contributed by atoms with van der Waals surface area (Å²) in [5, 5.41) is 0. The van der Waals surface area contributed by atoms with Crippen LogP contribution in [0.3, 0.4) is 0 Å². The molecule has 0 aliphatic rings. The molecule has 2 N–H and O–H groups in total. The van der Waals surface area contributed by atoms with Crippen LogP contribution in [-0.2, 0) is 0 Å². The van der Waals surface area contributed by atoms with Gasteiger partial charge in [0.1, 0.15) is 11.6 Å². The van der Waals surface area contributed by atoms with Crippen molar-refractivity contribution in [3.63, 3.8) is 0 Å². The standard InChI is InChI=1S/C13H8BrF2NO/c14-10-5-7(1-3-11(10)16)13(18)9-6-8(15)2-4-12(9)17/h1-6H,17H2. The van der Waals surface area contributed by atoms with E-state index in [2.05, 4.69) is 15.9 Å². The van der Waals surface area contributed by atoms with Gasteiger partial charge in [0.15, 0.2) is 5.78 Å². The Morgan fingerprint density at radius 2 is 1.83 bits per heavy atom. The highest BCUT2D eigenvalue weighted by atomic mass is 79.9. The molecule has 0 aromatic heterocycles. The zero-order valence-corrected chi connectivity index (χ0v) is 10.7. The minimum atomic E-state index is -0.547. The Kier molecular flexibility index (Phi) is 3.43.